The zero-order valence-corrected chi connectivity index (χ0v) is 16.7. The van der Waals surface area contributed by atoms with Crippen molar-refractivity contribution < 1.29 is 18.6 Å². The predicted molar refractivity (Wildman–Crippen MR) is 93.0 cm³/mol. The maximum absolute atomic E-state index is 6.71. The van der Waals surface area contributed by atoms with E-state index in [1.807, 2.05) is 0 Å². The third-order valence-corrected chi connectivity index (χ3v) is 10.8. The Morgan fingerprint density at radius 2 is 1.87 bits per heavy atom. The molecule has 5 heteroatoms. The second-order valence-corrected chi connectivity index (χ2v) is 13.9. The number of epoxide rings is 1. The van der Waals surface area contributed by atoms with Gasteiger partial charge in [0.1, 0.15) is 5.60 Å². The Hall–Kier alpha value is 0.0569. The molecule has 5 atom stereocenters. The molecule has 0 N–H and O–H groups in total. The predicted octanol–water partition coefficient (Wildman–Crippen LogP) is 4.24. The number of rotatable bonds is 4. The van der Waals surface area contributed by atoms with Crippen molar-refractivity contribution >= 4 is 8.32 Å². The summed E-state index contributed by atoms with van der Waals surface area (Å²) in [5.41, 5.74) is -0.0944. The zero-order chi connectivity index (χ0) is 16.9. The summed E-state index contributed by atoms with van der Waals surface area (Å²) in [4.78, 5) is 0. The van der Waals surface area contributed by atoms with Gasteiger partial charge in [-0.3, -0.25) is 0 Å². The number of ether oxygens (including phenoxy) is 3. The summed E-state index contributed by atoms with van der Waals surface area (Å²) >= 11 is 0. The largest absolute Gasteiger partial charge is 0.411 e. The normalized spacial score (nSPS) is 41.5. The van der Waals surface area contributed by atoms with Crippen molar-refractivity contribution in [3.63, 3.8) is 0 Å². The summed E-state index contributed by atoms with van der Waals surface area (Å²) in [6.07, 6.45) is 5.92. The van der Waals surface area contributed by atoms with E-state index in [0.717, 1.165) is 32.3 Å². The lowest BCUT2D eigenvalue weighted by atomic mass is 9.86. The van der Waals surface area contributed by atoms with Crippen LogP contribution in [0.1, 0.15) is 59.8 Å². The van der Waals surface area contributed by atoms with E-state index in [1.165, 1.54) is 6.42 Å². The highest BCUT2D eigenvalue weighted by Crippen LogP contribution is 2.52. The van der Waals surface area contributed by atoms with Crippen molar-refractivity contribution in [1.29, 1.82) is 0 Å². The van der Waals surface area contributed by atoms with E-state index in [1.54, 1.807) is 0 Å². The smallest absolute Gasteiger partial charge is 0.192 e. The third kappa shape index (κ3) is 3.69. The molecule has 2 saturated heterocycles. The summed E-state index contributed by atoms with van der Waals surface area (Å²) in [6, 6.07) is 0. The van der Waals surface area contributed by atoms with Crippen molar-refractivity contribution in [3.8, 4) is 0 Å². The lowest BCUT2D eigenvalue weighted by Gasteiger charge is -2.43. The van der Waals surface area contributed by atoms with E-state index in [4.69, 9.17) is 18.6 Å². The summed E-state index contributed by atoms with van der Waals surface area (Å²) in [5, 5.41) is 0.216. The molecule has 0 aromatic heterocycles. The Labute approximate surface area is 142 Å². The Balaban J connectivity index is 1.62. The van der Waals surface area contributed by atoms with Crippen LogP contribution in [-0.2, 0) is 18.6 Å². The second-order valence-electron chi connectivity index (χ2n) is 9.18. The van der Waals surface area contributed by atoms with Gasteiger partial charge in [0.15, 0.2) is 14.6 Å². The molecule has 3 fully saturated rings. The maximum Gasteiger partial charge on any atom is 0.192 e. The number of hydrogen-bond donors (Lipinski definition) is 0. The second kappa shape index (κ2) is 6.10. The first kappa shape index (κ1) is 17.9. The van der Waals surface area contributed by atoms with Crippen LogP contribution in [0.4, 0.5) is 0 Å². The van der Waals surface area contributed by atoms with Crippen LogP contribution < -0.4 is 0 Å². The van der Waals surface area contributed by atoms with Crippen LogP contribution in [0.3, 0.4) is 0 Å². The van der Waals surface area contributed by atoms with Gasteiger partial charge in [-0.05, 0) is 44.3 Å². The zero-order valence-electron chi connectivity index (χ0n) is 15.7. The van der Waals surface area contributed by atoms with Gasteiger partial charge in [-0.1, -0.05) is 20.8 Å². The highest BCUT2D eigenvalue weighted by atomic mass is 28.4. The summed E-state index contributed by atoms with van der Waals surface area (Å²) in [6.45, 7) is 14.6. The fourth-order valence-corrected chi connectivity index (χ4v) is 4.88. The van der Waals surface area contributed by atoms with E-state index in [2.05, 4.69) is 40.8 Å². The standard InChI is InChI=1S/C18H34O4Si/c1-17(2,3)23(5,6)22-15-12-13(11-14-18(15,4)21-14)20-16-9-7-8-10-19-16/h13-16H,7-12H2,1-6H3/t13-,14-,15-,16?,18-/m1/s1. The lowest BCUT2D eigenvalue weighted by molar-refractivity contribution is -0.197. The molecular formula is C18H34O4Si. The molecule has 3 aliphatic rings. The molecule has 0 amide bonds. The molecule has 0 aromatic carbocycles. The SMILES string of the molecule is CC(C)(C)[Si](C)(C)O[C@@H]1C[C@H](OC2CCCCO2)C[C@H]2O[C@]21C. The molecular weight excluding hydrogens is 308 g/mol. The minimum Gasteiger partial charge on any atom is -0.411 e. The van der Waals surface area contributed by atoms with Gasteiger partial charge in [0.25, 0.3) is 0 Å². The van der Waals surface area contributed by atoms with Gasteiger partial charge in [-0.25, -0.2) is 0 Å². The molecule has 1 aliphatic carbocycles. The van der Waals surface area contributed by atoms with Crippen molar-refractivity contribution in [2.45, 2.75) is 108 Å². The fraction of sp³-hybridized carbons (Fsp3) is 1.00. The molecule has 1 saturated carbocycles. The van der Waals surface area contributed by atoms with Crippen molar-refractivity contribution in [1.82, 2.24) is 0 Å². The fourth-order valence-electron chi connectivity index (χ4n) is 3.49. The van der Waals surface area contributed by atoms with Crippen LogP contribution in [0.15, 0.2) is 0 Å². The van der Waals surface area contributed by atoms with Crippen molar-refractivity contribution in [2.24, 2.45) is 0 Å². The molecule has 4 nitrogen and oxygen atoms in total. The molecule has 2 heterocycles. The molecule has 2 aliphatic heterocycles. The van der Waals surface area contributed by atoms with E-state index >= 15 is 0 Å². The summed E-state index contributed by atoms with van der Waals surface area (Å²) in [5.74, 6) is 0. The molecule has 0 spiro atoms. The molecule has 23 heavy (non-hydrogen) atoms. The minimum absolute atomic E-state index is 0.0228. The molecule has 134 valence electrons. The number of fused-ring (bicyclic) bond motifs is 1. The van der Waals surface area contributed by atoms with Crippen molar-refractivity contribution in [3.05, 3.63) is 0 Å². The van der Waals surface area contributed by atoms with Crippen LogP contribution >= 0.6 is 0 Å². The Morgan fingerprint density at radius 3 is 2.48 bits per heavy atom. The van der Waals surface area contributed by atoms with Crippen LogP contribution in [0, 0.1) is 0 Å². The average molecular weight is 343 g/mol. The topological polar surface area (TPSA) is 40.2 Å². The van der Waals surface area contributed by atoms with Gasteiger partial charge in [-0.15, -0.1) is 0 Å². The Morgan fingerprint density at radius 1 is 1.13 bits per heavy atom. The van der Waals surface area contributed by atoms with Gasteiger partial charge < -0.3 is 18.6 Å². The molecule has 0 bridgehead atoms. The molecule has 3 rings (SSSR count). The van der Waals surface area contributed by atoms with Gasteiger partial charge in [-0.2, -0.15) is 0 Å². The Kier molecular flexibility index (Phi) is 4.73. The van der Waals surface area contributed by atoms with Crippen LogP contribution in [0.2, 0.25) is 18.1 Å². The van der Waals surface area contributed by atoms with Crippen LogP contribution in [0.25, 0.3) is 0 Å². The van der Waals surface area contributed by atoms with Gasteiger partial charge in [0.2, 0.25) is 0 Å². The lowest BCUT2D eigenvalue weighted by Crippen LogP contribution is -2.51. The summed E-state index contributed by atoms with van der Waals surface area (Å²) in [7, 11) is -1.80. The first-order valence-corrected chi connectivity index (χ1v) is 12.2. The maximum atomic E-state index is 6.71. The minimum atomic E-state index is -1.80. The van der Waals surface area contributed by atoms with E-state index in [0.29, 0.717) is 6.10 Å². The quantitative estimate of drug-likeness (QED) is 0.566. The van der Waals surface area contributed by atoms with Crippen molar-refractivity contribution in [2.75, 3.05) is 6.61 Å². The van der Waals surface area contributed by atoms with E-state index < -0.39 is 8.32 Å². The first-order chi connectivity index (χ1) is 10.6. The van der Waals surface area contributed by atoms with E-state index in [9.17, 15) is 0 Å². The highest BCUT2D eigenvalue weighted by molar-refractivity contribution is 6.74. The summed E-state index contributed by atoms with van der Waals surface area (Å²) < 4.78 is 24.7. The Bertz CT molecular complexity index is 427. The molecule has 0 radical (unpaired) electrons. The average Bonchev–Trinajstić information content (AvgIpc) is 3.10. The monoisotopic (exact) mass is 342 g/mol. The van der Waals surface area contributed by atoms with Gasteiger partial charge in [0, 0.05) is 19.4 Å². The van der Waals surface area contributed by atoms with Gasteiger partial charge >= 0.3 is 0 Å². The highest BCUT2D eigenvalue weighted by Gasteiger charge is 2.63. The third-order valence-electron chi connectivity index (χ3n) is 6.30. The molecule has 1 unspecified atom stereocenters. The van der Waals surface area contributed by atoms with Gasteiger partial charge in [0.05, 0.1) is 18.3 Å². The first-order valence-electron chi connectivity index (χ1n) is 9.24. The van der Waals surface area contributed by atoms with Crippen LogP contribution in [0.5, 0.6) is 0 Å². The molecule has 0 aromatic rings. The van der Waals surface area contributed by atoms with E-state index in [-0.39, 0.29) is 29.1 Å². The van der Waals surface area contributed by atoms with Crippen LogP contribution in [-0.4, -0.2) is 45.1 Å². The number of hydrogen-bond acceptors (Lipinski definition) is 4.